The highest BCUT2D eigenvalue weighted by Crippen LogP contribution is 2.47. The fourth-order valence-electron chi connectivity index (χ4n) is 4.30. The molecule has 1 aliphatic heterocycles. The largest absolute Gasteiger partial charge is 0.465 e. The van der Waals surface area contributed by atoms with Crippen molar-refractivity contribution in [2.45, 2.75) is 33.2 Å². The van der Waals surface area contributed by atoms with Crippen molar-refractivity contribution >= 4 is 34.4 Å². The Balaban J connectivity index is 1.89. The quantitative estimate of drug-likeness (QED) is 0.570. The number of amides is 1. The van der Waals surface area contributed by atoms with E-state index in [1.165, 1.54) is 29.4 Å². The number of halogens is 1. The van der Waals surface area contributed by atoms with Crippen molar-refractivity contribution in [2.24, 2.45) is 12.5 Å². The van der Waals surface area contributed by atoms with E-state index in [2.05, 4.69) is 4.98 Å². The molecule has 0 bridgehead atoms. The molecule has 1 amide bonds. The third-order valence-corrected chi connectivity index (χ3v) is 6.89. The molecule has 1 unspecified atom stereocenters. The summed E-state index contributed by atoms with van der Waals surface area (Å²) in [7, 11) is 3.02. The summed E-state index contributed by atoms with van der Waals surface area (Å²) >= 11 is 1.50. The van der Waals surface area contributed by atoms with Crippen LogP contribution in [0, 0.1) is 11.2 Å². The lowest BCUT2D eigenvalue weighted by molar-refractivity contribution is 0.0602. The number of thiophene rings is 1. The first-order chi connectivity index (χ1) is 14.5. The lowest BCUT2D eigenvalue weighted by Crippen LogP contribution is -2.44. The average Bonchev–Trinajstić information content (AvgIpc) is 3.26. The number of esters is 1. The molecule has 0 saturated heterocycles. The van der Waals surface area contributed by atoms with Gasteiger partial charge in [0.2, 0.25) is 0 Å². The number of aryl methyl sites for hydroxylation is 1. The summed E-state index contributed by atoms with van der Waals surface area (Å²) in [6.45, 7) is 6.52. The highest BCUT2D eigenvalue weighted by atomic mass is 32.1. The molecule has 9 heteroatoms. The van der Waals surface area contributed by atoms with Crippen molar-refractivity contribution in [1.29, 1.82) is 0 Å². The van der Waals surface area contributed by atoms with E-state index in [0.717, 1.165) is 21.4 Å². The maximum atomic E-state index is 14.2. The van der Waals surface area contributed by atoms with Crippen LogP contribution in [-0.4, -0.2) is 45.3 Å². The van der Waals surface area contributed by atoms with Gasteiger partial charge in [0, 0.05) is 18.5 Å². The number of carboxylic acid groups (broad SMARTS) is 1. The summed E-state index contributed by atoms with van der Waals surface area (Å²) < 4.78 is 20.7. The van der Waals surface area contributed by atoms with Gasteiger partial charge >= 0.3 is 12.1 Å². The van der Waals surface area contributed by atoms with Gasteiger partial charge in [-0.3, -0.25) is 4.90 Å². The van der Waals surface area contributed by atoms with Crippen molar-refractivity contribution in [1.82, 2.24) is 14.5 Å². The van der Waals surface area contributed by atoms with E-state index in [9.17, 15) is 19.1 Å². The number of carbonyl (C=O) groups is 2. The van der Waals surface area contributed by atoms with E-state index in [-0.39, 0.29) is 17.0 Å². The van der Waals surface area contributed by atoms with Gasteiger partial charge in [0.05, 0.1) is 29.1 Å². The van der Waals surface area contributed by atoms with Crippen LogP contribution < -0.4 is 0 Å². The minimum absolute atomic E-state index is 0.0743. The fraction of sp³-hybridized carbons (Fsp3) is 0.409. The number of carbonyl (C=O) groups excluding carboxylic acids is 1. The standard InChI is InChI=1S/C22H24FN3O4S/c1-22(2,3)18-17-11(6-7-26(18)21(28)29)8-15(31-17)19-24-16-13(20(27)30-5)9-12(23)10-14(16)25(19)4/h8-10,18H,6-7H2,1-5H3,(H,28,29). The molecule has 3 aromatic rings. The SMILES string of the molecule is COC(=O)c1cc(F)cc2c1nc(-c1cc3c(s1)C(C(C)(C)C)N(C(=O)O)CC3)n2C. The normalized spacial score (nSPS) is 16.5. The van der Waals surface area contributed by atoms with Crippen LogP contribution in [0.15, 0.2) is 18.2 Å². The number of imidazole rings is 1. The Morgan fingerprint density at radius 2 is 2.00 bits per heavy atom. The lowest BCUT2D eigenvalue weighted by Gasteiger charge is -2.41. The zero-order chi connectivity index (χ0) is 22.7. The number of benzene rings is 1. The molecule has 0 radical (unpaired) electrons. The molecule has 1 atom stereocenters. The minimum atomic E-state index is -0.929. The predicted molar refractivity (Wildman–Crippen MR) is 116 cm³/mol. The summed E-state index contributed by atoms with van der Waals surface area (Å²) in [5.41, 5.74) is 1.75. The van der Waals surface area contributed by atoms with Crippen LogP contribution >= 0.6 is 11.3 Å². The third kappa shape index (κ3) is 3.46. The van der Waals surface area contributed by atoms with Crippen molar-refractivity contribution in [3.63, 3.8) is 0 Å². The molecule has 31 heavy (non-hydrogen) atoms. The molecule has 0 fully saturated rings. The molecule has 0 aliphatic carbocycles. The molecule has 0 spiro atoms. The maximum Gasteiger partial charge on any atom is 0.407 e. The first kappa shape index (κ1) is 21.3. The van der Waals surface area contributed by atoms with Crippen LogP contribution in [0.4, 0.5) is 9.18 Å². The second-order valence-electron chi connectivity index (χ2n) is 8.80. The first-order valence-corrected chi connectivity index (χ1v) is 10.7. The van der Waals surface area contributed by atoms with Crippen molar-refractivity contribution < 1.29 is 23.8 Å². The molecule has 7 nitrogen and oxygen atoms in total. The monoisotopic (exact) mass is 445 g/mol. The van der Waals surface area contributed by atoms with E-state index < -0.39 is 17.9 Å². The van der Waals surface area contributed by atoms with Gasteiger partial charge in [-0.1, -0.05) is 20.8 Å². The van der Waals surface area contributed by atoms with E-state index >= 15 is 0 Å². The van der Waals surface area contributed by atoms with Gasteiger partial charge in [-0.15, -0.1) is 11.3 Å². The summed E-state index contributed by atoms with van der Waals surface area (Å²) in [5, 5.41) is 9.73. The molecular formula is C22H24FN3O4S. The van der Waals surface area contributed by atoms with E-state index in [4.69, 9.17) is 4.74 Å². The molecule has 4 rings (SSSR count). The number of methoxy groups -OCH3 is 1. The van der Waals surface area contributed by atoms with Gasteiger partial charge in [0.1, 0.15) is 11.3 Å². The Kier molecular flexibility index (Phi) is 5.04. The Hall–Kier alpha value is -2.94. The summed E-state index contributed by atoms with van der Waals surface area (Å²) in [6, 6.07) is 4.24. The number of aromatic nitrogens is 2. The van der Waals surface area contributed by atoms with Crippen LogP contribution in [0.25, 0.3) is 21.7 Å². The van der Waals surface area contributed by atoms with Crippen LogP contribution in [0.3, 0.4) is 0 Å². The molecule has 164 valence electrons. The third-order valence-electron chi connectivity index (χ3n) is 5.67. The number of hydrogen-bond acceptors (Lipinski definition) is 5. The number of hydrogen-bond donors (Lipinski definition) is 1. The summed E-state index contributed by atoms with van der Waals surface area (Å²) in [5.74, 6) is -0.595. The Bertz CT molecular complexity index is 1210. The van der Waals surface area contributed by atoms with Crippen LogP contribution in [0.1, 0.15) is 47.6 Å². The molecular weight excluding hydrogens is 421 g/mol. The van der Waals surface area contributed by atoms with Gasteiger partial charge in [-0.2, -0.15) is 0 Å². The lowest BCUT2D eigenvalue weighted by atomic mass is 9.81. The van der Waals surface area contributed by atoms with Crippen molar-refractivity contribution in [2.75, 3.05) is 13.7 Å². The van der Waals surface area contributed by atoms with Gasteiger partial charge in [0.25, 0.3) is 0 Å². The molecule has 3 heterocycles. The molecule has 2 aromatic heterocycles. The molecule has 1 aromatic carbocycles. The Labute approximate surface area is 183 Å². The number of ether oxygens (including phenoxy) is 1. The van der Waals surface area contributed by atoms with Gasteiger partial charge < -0.3 is 14.4 Å². The van der Waals surface area contributed by atoms with E-state index in [1.807, 2.05) is 26.8 Å². The second kappa shape index (κ2) is 7.33. The molecule has 0 saturated carbocycles. The predicted octanol–water partition coefficient (Wildman–Crippen LogP) is 4.85. The zero-order valence-electron chi connectivity index (χ0n) is 18.0. The smallest absolute Gasteiger partial charge is 0.407 e. The first-order valence-electron chi connectivity index (χ1n) is 9.89. The van der Waals surface area contributed by atoms with E-state index in [1.54, 1.807) is 11.6 Å². The number of rotatable bonds is 2. The summed E-state index contributed by atoms with van der Waals surface area (Å²) in [6.07, 6.45) is -0.307. The Morgan fingerprint density at radius 3 is 2.61 bits per heavy atom. The molecule has 1 aliphatic rings. The van der Waals surface area contributed by atoms with Crippen molar-refractivity contribution in [3.05, 3.63) is 40.0 Å². The average molecular weight is 446 g/mol. The van der Waals surface area contributed by atoms with Crippen molar-refractivity contribution in [3.8, 4) is 10.7 Å². The van der Waals surface area contributed by atoms with E-state index in [0.29, 0.717) is 29.8 Å². The van der Waals surface area contributed by atoms with Gasteiger partial charge in [-0.25, -0.2) is 19.0 Å². The van der Waals surface area contributed by atoms with Crippen LogP contribution in [0.5, 0.6) is 0 Å². The van der Waals surface area contributed by atoms with Gasteiger partial charge in [0.15, 0.2) is 5.82 Å². The summed E-state index contributed by atoms with van der Waals surface area (Å²) in [4.78, 5) is 32.0. The van der Waals surface area contributed by atoms with Crippen LogP contribution in [-0.2, 0) is 18.2 Å². The Morgan fingerprint density at radius 1 is 1.29 bits per heavy atom. The van der Waals surface area contributed by atoms with Crippen LogP contribution in [0.2, 0.25) is 0 Å². The number of fused-ring (bicyclic) bond motifs is 2. The second-order valence-corrected chi connectivity index (χ2v) is 9.89. The maximum absolute atomic E-state index is 14.2. The highest BCUT2D eigenvalue weighted by Gasteiger charge is 2.40. The van der Waals surface area contributed by atoms with Gasteiger partial charge in [-0.05, 0) is 35.6 Å². The number of nitrogens with zero attached hydrogens (tertiary/aromatic N) is 3. The minimum Gasteiger partial charge on any atom is -0.465 e. The highest BCUT2D eigenvalue weighted by molar-refractivity contribution is 7.15. The fourth-order valence-corrected chi connectivity index (χ4v) is 5.89. The zero-order valence-corrected chi connectivity index (χ0v) is 18.8. The molecule has 1 N–H and O–H groups in total. The topological polar surface area (TPSA) is 84.7 Å².